The zero-order valence-electron chi connectivity index (χ0n) is 16.4. The monoisotopic (exact) mass is 413 g/mol. The van der Waals surface area contributed by atoms with E-state index in [2.05, 4.69) is 41.8 Å². The van der Waals surface area contributed by atoms with E-state index in [0.29, 0.717) is 19.0 Å². The summed E-state index contributed by atoms with van der Waals surface area (Å²) >= 11 is 0. The van der Waals surface area contributed by atoms with Gasteiger partial charge in [0.1, 0.15) is 5.88 Å². The van der Waals surface area contributed by atoms with Crippen LogP contribution in [0.15, 0.2) is 54.6 Å². The molecule has 0 spiro atoms. The fourth-order valence-corrected chi connectivity index (χ4v) is 4.24. The van der Waals surface area contributed by atoms with Gasteiger partial charge >= 0.3 is 6.03 Å². The maximum absolute atomic E-state index is 12.9. The Hall–Kier alpha value is -2.38. The number of hydrogen-bond acceptors (Lipinski definition) is 4. The van der Waals surface area contributed by atoms with Crippen LogP contribution in [0.3, 0.4) is 0 Å². The zero-order chi connectivity index (χ0) is 20.2. The fraction of sp³-hybridized carbons (Fsp3) is 0.409. The second kappa shape index (κ2) is 8.97. The Morgan fingerprint density at radius 1 is 0.966 bits per heavy atom. The summed E-state index contributed by atoms with van der Waals surface area (Å²) in [5, 5.41) is 1.44. The quantitative estimate of drug-likeness (QED) is 0.620. The van der Waals surface area contributed by atoms with Gasteiger partial charge in [0.25, 0.3) is 0 Å². The Labute approximate surface area is 173 Å². The van der Waals surface area contributed by atoms with Gasteiger partial charge < -0.3 is 4.90 Å². The SMILES string of the molecule is O=C1N(NC[SH](=O)=O)C[C@H](c2ccc(C3CC3)cc2)N1CCCc1ccccc1. The lowest BCUT2D eigenvalue weighted by atomic mass is 10.0. The lowest BCUT2D eigenvalue weighted by Gasteiger charge is -2.23. The molecule has 154 valence electrons. The van der Waals surface area contributed by atoms with E-state index in [9.17, 15) is 13.2 Å². The van der Waals surface area contributed by atoms with Crippen LogP contribution < -0.4 is 5.43 Å². The number of nitrogens with zero attached hydrogens (tertiary/aromatic N) is 2. The summed E-state index contributed by atoms with van der Waals surface area (Å²) in [6, 6.07) is 18.6. The van der Waals surface area contributed by atoms with Gasteiger partial charge in [-0.3, -0.25) is 5.01 Å². The maximum Gasteiger partial charge on any atom is 0.335 e. The zero-order valence-corrected chi connectivity index (χ0v) is 17.3. The Balaban J connectivity index is 1.46. The Bertz CT molecular complexity index is 903. The molecular weight excluding hydrogens is 386 g/mol. The van der Waals surface area contributed by atoms with Gasteiger partial charge in [-0.25, -0.2) is 18.6 Å². The number of carbonyl (C=O) groups excluding carboxylic acids is 1. The predicted octanol–water partition coefficient (Wildman–Crippen LogP) is 3.05. The molecule has 1 aliphatic heterocycles. The normalized spacial score (nSPS) is 19.3. The summed E-state index contributed by atoms with van der Waals surface area (Å²) in [5.41, 5.74) is 6.47. The molecule has 4 rings (SSSR count). The first-order chi connectivity index (χ1) is 14.1. The highest BCUT2D eigenvalue weighted by Gasteiger charge is 2.38. The van der Waals surface area contributed by atoms with Gasteiger partial charge in [-0.15, -0.1) is 0 Å². The van der Waals surface area contributed by atoms with Gasteiger partial charge in [-0.05, 0) is 48.3 Å². The van der Waals surface area contributed by atoms with Crippen LogP contribution in [0.1, 0.15) is 47.9 Å². The summed E-state index contributed by atoms with van der Waals surface area (Å²) in [6.45, 7) is 1.07. The molecule has 0 aromatic heterocycles. The molecule has 1 atom stereocenters. The molecule has 2 amide bonds. The summed E-state index contributed by atoms with van der Waals surface area (Å²) in [5.74, 6) is 0.467. The predicted molar refractivity (Wildman–Crippen MR) is 113 cm³/mol. The van der Waals surface area contributed by atoms with E-state index in [1.165, 1.54) is 29.0 Å². The van der Waals surface area contributed by atoms with Crippen LogP contribution in [0.4, 0.5) is 4.79 Å². The highest BCUT2D eigenvalue weighted by atomic mass is 32.2. The van der Waals surface area contributed by atoms with Crippen molar-refractivity contribution in [2.45, 2.75) is 37.6 Å². The number of amides is 2. The van der Waals surface area contributed by atoms with Gasteiger partial charge in [-0.1, -0.05) is 54.6 Å². The number of urea groups is 1. The van der Waals surface area contributed by atoms with Crippen LogP contribution in [0.2, 0.25) is 0 Å². The lowest BCUT2D eigenvalue weighted by molar-refractivity contribution is 0.175. The molecule has 0 bridgehead atoms. The van der Waals surface area contributed by atoms with Crippen LogP contribution >= 0.6 is 0 Å². The molecule has 2 fully saturated rings. The van der Waals surface area contributed by atoms with Gasteiger partial charge in [0, 0.05) is 6.54 Å². The van der Waals surface area contributed by atoms with Gasteiger partial charge in [0.05, 0.1) is 12.6 Å². The number of hydrogen-bond donors (Lipinski definition) is 2. The fourth-order valence-electron chi connectivity index (χ4n) is 3.96. The summed E-state index contributed by atoms with van der Waals surface area (Å²) in [4.78, 5) is 14.8. The maximum atomic E-state index is 12.9. The minimum atomic E-state index is -2.59. The highest BCUT2D eigenvalue weighted by Crippen LogP contribution is 2.40. The highest BCUT2D eigenvalue weighted by molar-refractivity contribution is 7.72. The van der Waals surface area contributed by atoms with Crippen molar-refractivity contribution < 1.29 is 13.2 Å². The molecule has 1 heterocycles. The van der Waals surface area contributed by atoms with E-state index >= 15 is 0 Å². The molecule has 1 N–H and O–H groups in total. The van der Waals surface area contributed by atoms with E-state index in [0.717, 1.165) is 18.4 Å². The first-order valence-electron chi connectivity index (χ1n) is 10.2. The van der Waals surface area contributed by atoms with Crippen LogP contribution in [-0.2, 0) is 17.1 Å². The first-order valence-corrected chi connectivity index (χ1v) is 11.6. The lowest BCUT2D eigenvalue weighted by Crippen LogP contribution is -2.42. The van der Waals surface area contributed by atoms with E-state index in [1.54, 1.807) is 0 Å². The second-order valence-electron chi connectivity index (χ2n) is 7.78. The molecule has 29 heavy (non-hydrogen) atoms. The van der Waals surface area contributed by atoms with E-state index in [-0.39, 0.29) is 17.9 Å². The number of rotatable bonds is 9. The van der Waals surface area contributed by atoms with Crippen LogP contribution in [0.5, 0.6) is 0 Å². The van der Waals surface area contributed by atoms with Crippen LogP contribution in [0.25, 0.3) is 0 Å². The van der Waals surface area contributed by atoms with Crippen LogP contribution in [-0.4, -0.2) is 43.3 Å². The number of carbonyl (C=O) groups is 1. The van der Waals surface area contributed by atoms with E-state index in [4.69, 9.17) is 0 Å². The second-order valence-corrected chi connectivity index (χ2v) is 8.76. The van der Waals surface area contributed by atoms with Crippen molar-refractivity contribution >= 4 is 16.7 Å². The molecule has 2 aromatic carbocycles. The van der Waals surface area contributed by atoms with E-state index in [1.807, 2.05) is 23.1 Å². The molecule has 2 aliphatic rings. The Morgan fingerprint density at radius 2 is 1.66 bits per heavy atom. The van der Waals surface area contributed by atoms with Crippen molar-refractivity contribution in [1.82, 2.24) is 15.3 Å². The third kappa shape index (κ3) is 4.97. The number of thiol groups is 1. The molecule has 6 nitrogen and oxygen atoms in total. The number of hydrazine groups is 1. The number of aryl methyl sites for hydroxylation is 1. The average Bonchev–Trinajstić information content (AvgIpc) is 3.53. The summed E-state index contributed by atoms with van der Waals surface area (Å²) in [7, 11) is -2.59. The van der Waals surface area contributed by atoms with Gasteiger partial charge in [0.15, 0.2) is 10.7 Å². The topological polar surface area (TPSA) is 69.7 Å². The van der Waals surface area contributed by atoms with Gasteiger partial charge in [0.2, 0.25) is 0 Å². The molecule has 1 saturated heterocycles. The minimum absolute atomic E-state index is 0.0800. The summed E-state index contributed by atoms with van der Waals surface area (Å²) in [6.07, 6.45) is 4.28. The number of benzene rings is 2. The van der Waals surface area contributed by atoms with Crippen molar-refractivity contribution in [3.05, 3.63) is 71.3 Å². The molecule has 0 unspecified atom stereocenters. The van der Waals surface area contributed by atoms with Crippen molar-refractivity contribution in [1.29, 1.82) is 0 Å². The Morgan fingerprint density at radius 3 is 2.31 bits per heavy atom. The van der Waals surface area contributed by atoms with Crippen molar-refractivity contribution in [3.63, 3.8) is 0 Å². The van der Waals surface area contributed by atoms with E-state index < -0.39 is 10.7 Å². The third-order valence-corrected chi connectivity index (χ3v) is 6.08. The van der Waals surface area contributed by atoms with Crippen molar-refractivity contribution in [2.75, 3.05) is 19.0 Å². The Kier molecular flexibility index (Phi) is 6.16. The third-order valence-electron chi connectivity index (χ3n) is 5.68. The smallest absolute Gasteiger partial charge is 0.315 e. The molecule has 0 radical (unpaired) electrons. The van der Waals surface area contributed by atoms with Crippen LogP contribution in [0, 0.1) is 0 Å². The molecule has 2 aromatic rings. The molecular formula is C22H27N3O3S. The largest absolute Gasteiger partial charge is 0.335 e. The first kappa shape index (κ1) is 19.9. The standard InChI is InChI=1S/C22H27N3O3S/c26-22-24(14-4-7-17-5-2-1-3-6-17)21(15-25(22)23-16-29(27)28)20-12-10-19(11-13-20)18-8-9-18/h1-3,5-6,10-13,18,21,23,29H,4,7-9,14-16H2/t21-/m1/s1. The number of nitrogens with one attached hydrogen (secondary N) is 1. The summed E-state index contributed by atoms with van der Waals surface area (Å²) < 4.78 is 21.9. The van der Waals surface area contributed by atoms with Gasteiger partial charge in [-0.2, -0.15) is 0 Å². The van der Waals surface area contributed by atoms with Crippen molar-refractivity contribution in [2.24, 2.45) is 0 Å². The molecule has 1 saturated carbocycles. The minimum Gasteiger partial charge on any atom is -0.315 e. The van der Waals surface area contributed by atoms with Crippen molar-refractivity contribution in [3.8, 4) is 0 Å². The average molecular weight is 414 g/mol. The molecule has 7 heteroatoms. The molecule has 1 aliphatic carbocycles.